The molecule has 28 heavy (non-hydrogen) atoms. The summed E-state index contributed by atoms with van der Waals surface area (Å²) < 4.78 is 30.5. The van der Waals surface area contributed by atoms with Gasteiger partial charge in [-0.15, -0.1) is 0 Å². The molecular weight excluding hydrogens is 388 g/mol. The van der Waals surface area contributed by atoms with E-state index < -0.39 is 29.2 Å². The molecule has 3 fully saturated rings. The molecule has 1 aliphatic heterocycles. The molecule has 8 heteroatoms. The molecular formula is C20H20ClF2N3O2. The number of carbonyl (C=O) groups excluding carboxylic acids is 1. The number of benzene rings is 1. The van der Waals surface area contributed by atoms with Crippen LogP contribution in [0.1, 0.15) is 42.6 Å². The van der Waals surface area contributed by atoms with Gasteiger partial charge in [0, 0.05) is 37.2 Å². The maximum absolute atomic E-state index is 15.1. The summed E-state index contributed by atoms with van der Waals surface area (Å²) in [6, 6.07) is 0.563. The summed E-state index contributed by atoms with van der Waals surface area (Å²) in [5, 5.41) is 0.0777. The fourth-order valence-electron chi connectivity index (χ4n) is 4.53. The van der Waals surface area contributed by atoms with Gasteiger partial charge in [-0.05, 0) is 25.8 Å². The lowest BCUT2D eigenvalue weighted by Crippen LogP contribution is -2.30. The minimum atomic E-state index is -1.08. The Labute approximate surface area is 165 Å². The van der Waals surface area contributed by atoms with Crippen molar-refractivity contribution in [2.24, 2.45) is 11.1 Å². The van der Waals surface area contributed by atoms with E-state index in [1.807, 2.05) is 4.90 Å². The number of ketones is 1. The standard InChI is InChI=1S/C20H20ClF2N3O2/c1-9(27)11-6-26(14-5-12(14)22)17-10(19(11)28)4-13(23)18(16(17)21)25-7-15(24)20(8-25)2-3-20/h4,6,12,14-15H,2-3,5,7-8,24H2,1H3/t12?,14?,15-/m1/s1. The van der Waals surface area contributed by atoms with Gasteiger partial charge in [0.25, 0.3) is 0 Å². The molecule has 1 spiro atoms. The number of fused-ring (bicyclic) bond motifs is 1. The highest BCUT2D eigenvalue weighted by atomic mass is 35.5. The highest BCUT2D eigenvalue weighted by molar-refractivity contribution is 6.38. The van der Waals surface area contributed by atoms with Crippen LogP contribution in [-0.2, 0) is 0 Å². The number of pyridine rings is 1. The third kappa shape index (κ3) is 2.45. The summed E-state index contributed by atoms with van der Waals surface area (Å²) >= 11 is 6.63. The Hall–Kier alpha value is -1.99. The van der Waals surface area contributed by atoms with Crippen molar-refractivity contribution in [1.29, 1.82) is 0 Å². The molecule has 2 unspecified atom stereocenters. The number of nitrogens with zero attached hydrogens (tertiary/aromatic N) is 2. The summed E-state index contributed by atoms with van der Waals surface area (Å²) in [6.45, 7) is 2.36. The van der Waals surface area contributed by atoms with Crippen molar-refractivity contribution >= 4 is 34.0 Å². The zero-order valence-electron chi connectivity index (χ0n) is 15.3. The summed E-state index contributed by atoms with van der Waals surface area (Å²) in [4.78, 5) is 26.5. The van der Waals surface area contributed by atoms with Gasteiger partial charge in [-0.3, -0.25) is 9.59 Å². The number of rotatable bonds is 3. The van der Waals surface area contributed by atoms with Crippen LogP contribution in [0.2, 0.25) is 5.02 Å². The third-order valence-electron chi connectivity index (χ3n) is 6.52. The molecule has 5 rings (SSSR count). The SMILES string of the molecule is CC(=O)c1cn(C2CC2F)c2c(Cl)c(N3C[C@@H](N)C4(CC4)C3)c(F)cc2c1=O. The van der Waals surface area contributed by atoms with Gasteiger partial charge in [0.15, 0.2) is 11.2 Å². The van der Waals surface area contributed by atoms with Gasteiger partial charge in [-0.1, -0.05) is 11.6 Å². The Kier molecular flexibility index (Phi) is 3.72. The molecule has 2 heterocycles. The maximum atomic E-state index is 15.1. The number of anilines is 1. The molecule has 1 saturated heterocycles. The van der Waals surface area contributed by atoms with Crippen LogP contribution in [0.25, 0.3) is 10.9 Å². The van der Waals surface area contributed by atoms with Gasteiger partial charge in [0.05, 0.1) is 33.2 Å². The van der Waals surface area contributed by atoms with Crippen LogP contribution in [0, 0.1) is 11.2 Å². The van der Waals surface area contributed by atoms with Gasteiger partial charge in [-0.25, -0.2) is 8.78 Å². The summed E-state index contributed by atoms with van der Waals surface area (Å²) in [5.74, 6) is -1.07. The highest BCUT2D eigenvalue weighted by Gasteiger charge is 2.54. The van der Waals surface area contributed by atoms with Crippen LogP contribution in [-0.4, -0.2) is 35.7 Å². The Morgan fingerprint density at radius 3 is 2.61 bits per heavy atom. The van der Waals surface area contributed by atoms with E-state index in [4.69, 9.17) is 17.3 Å². The zero-order valence-corrected chi connectivity index (χ0v) is 16.1. The number of Topliss-reactive ketones (excluding diaryl/α,β-unsaturated/α-hetero) is 1. The van der Waals surface area contributed by atoms with Crippen molar-refractivity contribution in [3.05, 3.63) is 38.9 Å². The van der Waals surface area contributed by atoms with E-state index in [9.17, 15) is 14.0 Å². The van der Waals surface area contributed by atoms with Crippen LogP contribution in [0.15, 0.2) is 17.1 Å². The van der Waals surface area contributed by atoms with E-state index in [-0.39, 0.29) is 45.1 Å². The van der Waals surface area contributed by atoms with Gasteiger partial charge in [-0.2, -0.15) is 0 Å². The first-order valence-electron chi connectivity index (χ1n) is 9.46. The quantitative estimate of drug-likeness (QED) is 0.793. The molecule has 1 aromatic carbocycles. The normalized spacial score (nSPS) is 27.6. The number of nitrogens with two attached hydrogens (primary N) is 1. The number of halogens is 3. The van der Waals surface area contributed by atoms with E-state index in [0.717, 1.165) is 18.9 Å². The van der Waals surface area contributed by atoms with Gasteiger partial charge in [0.2, 0.25) is 0 Å². The number of alkyl halides is 1. The van der Waals surface area contributed by atoms with Crippen molar-refractivity contribution in [1.82, 2.24) is 4.57 Å². The van der Waals surface area contributed by atoms with Crippen LogP contribution in [0.4, 0.5) is 14.5 Å². The highest BCUT2D eigenvalue weighted by Crippen LogP contribution is 2.54. The summed E-state index contributed by atoms with van der Waals surface area (Å²) in [6.07, 6.45) is 2.58. The number of hydrogen-bond donors (Lipinski definition) is 1. The Morgan fingerprint density at radius 2 is 2.07 bits per heavy atom. The van der Waals surface area contributed by atoms with Crippen molar-refractivity contribution in [3.63, 3.8) is 0 Å². The molecule has 2 saturated carbocycles. The topological polar surface area (TPSA) is 68.3 Å². The van der Waals surface area contributed by atoms with Crippen molar-refractivity contribution in [2.75, 3.05) is 18.0 Å². The van der Waals surface area contributed by atoms with Gasteiger partial charge in [0.1, 0.15) is 12.0 Å². The summed E-state index contributed by atoms with van der Waals surface area (Å²) in [5.41, 5.74) is 6.08. The minimum Gasteiger partial charge on any atom is -0.366 e. The second kappa shape index (κ2) is 5.76. The molecule has 0 amide bonds. The van der Waals surface area contributed by atoms with Crippen LogP contribution >= 0.6 is 11.6 Å². The molecule has 0 bridgehead atoms. The van der Waals surface area contributed by atoms with Crippen LogP contribution in [0.5, 0.6) is 0 Å². The zero-order chi connectivity index (χ0) is 20.0. The lowest BCUT2D eigenvalue weighted by molar-refractivity contribution is 0.101. The molecule has 2 aliphatic carbocycles. The molecule has 148 valence electrons. The Balaban J connectivity index is 1.75. The second-order valence-electron chi connectivity index (χ2n) is 8.42. The van der Waals surface area contributed by atoms with Gasteiger partial charge < -0.3 is 15.2 Å². The average Bonchev–Trinajstić information content (AvgIpc) is 3.51. The second-order valence-corrected chi connectivity index (χ2v) is 8.80. The van der Waals surface area contributed by atoms with Crippen LogP contribution < -0.4 is 16.1 Å². The van der Waals surface area contributed by atoms with Gasteiger partial charge >= 0.3 is 0 Å². The Bertz CT molecular complexity index is 1100. The van der Waals surface area contributed by atoms with E-state index in [1.54, 1.807) is 0 Å². The first-order chi connectivity index (χ1) is 13.2. The average molecular weight is 408 g/mol. The number of carbonyl (C=O) groups is 1. The molecule has 5 nitrogen and oxygen atoms in total. The van der Waals surface area contributed by atoms with Crippen LogP contribution in [0.3, 0.4) is 0 Å². The smallest absolute Gasteiger partial charge is 0.200 e. The molecule has 3 aliphatic rings. The van der Waals surface area contributed by atoms with E-state index in [0.29, 0.717) is 13.1 Å². The minimum absolute atomic E-state index is 0.00248. The van der Waals surface area contributed by atoms with Crippen molar-refractivity contribution in [2.45, 2.75) is 44.4 Å². The van der Waals surface area contributed by atoms with E-state index in [2.05, 4.69) is 0 Å². The molecule has 0 radical (unpaired) electrons. The molecule has 2 aromatic rings. The lowest BCUT2D eigenvalue weighted by atomic mass is 10.0. The van der Waals surface area contributed by atoms with E-state index >= 15 is 4.39 Å². The van der Waals surface area contributed by atoms with E-state index in [1.165, 1.54) is 17.7 Å². The predicted molar refractivity (Wildman–Crippen MR) is 104 cm³/mol. The largest absolute Gasteiger partial charge is 0.366 e. The number of hydrogen-bond acceptors (Lipinski definition) is 4. The first kappa shape index (κ1) is 18.1. The Morgan fingerprint density at radius 1 is 1.39 bits per heavy atom. The molecule has 2 N–H and O–H groups in total. The summed E-state index contributed by atoms with van der Waals surface area (Å²) in [7, 11) is 0. The predicted octanol–water partition coefficient (Wildman–Crippen LogP) is 3.21. The third-order valence-corrected chi connectivity index (χ3v) is 6.88. The van der Waals surface area contributed by atoms with Crippen molar-refractivity contribution < 1.29 is 13.6 Å². The monoisotopic (exact) mass is 407 g/mol. The maximum Gasteiger partial charge on any atom is 0.200 e. The van der Waals surface area contributed by atoms with Crippen molar-refractivity contribution in [3.8, 4) is 0 Å². The molecule has 1 aromatic heterocycles. The fraction of sp³-hybridized carbons (Fsp3) is 0.500. The number of aromatic nitrogens is 1. The first-order valence-corrected chi connectivity index (χ1v) is 9.84. The lowest BCUT2D eigenvalue weighted by Gasteiger charge is -2.23. The fourth-order valence-corrected chi connectivity index (χ4v) is 4.94. The molecule has 3 atom stereocenters.